The number of aryl methyl sites for hydroxylation is 1. The van der Waals surface area contributed by atoms with E-state index in [2.05, 4.69) is 16.9 Å². The number of carbonyl (C=O) groups excluding carboxylic acids is 1. The third-order valence-corrected chi connectivity index (χ3v) is 7.55. The molecule has 6 nitrogen and oxygen atoms in total. The van der Waals surface area contributed by atoms with Crippen molar-refractivity contribution in [2.45, 2.75) is 38.0 Å². The Hall–Kier alpha value is -2.38. The number of benzene rings is 2. The molecule has 0 atom stereocenters. The van der Waals surface area contributed by atoms with Crippen molar-refractivity contribution in [2.24, 2.45) is 5.92 Å². The maximum atomic E-state index is 13.1. The van der Waals surface area contributed by atoms with Crippen molar-refractivity contribution >= 4 is 15.9 Å². The first-order valence-electron chi connectivity index (χ1n) is 10.2. The zero-order valence-electron chi connectivity index (χ0n) is 18.1. The summed E-state index contributed by atoms with van der Waals surface area (Å²) in [6.45, 7) is 4.96. The lowest BCUT2D eigenvalue weighted by atomic mass is 9.90. The number of piperidine rings is 1. The van der Waals surface area contributed by atoms with Gasteiger partial charge in [0, 0.05) is 18.7 Å². The fourth-order valence-electron chi connectivity index (χ4n) is 3.96. The SMILES string of the molecule is CNS(=O)(=O)c1cc(C(=O)N2CCC(Cc3ccc(OC)cc3)CC2)cc(C)c1C. The molecule has 7 heteroatoms. The van der Waals surface area contributed by atoms with Crippen molar-refractivity contribution in [3.8, 4) is 5.75 Å². The fraction of sp³-hybridized carbons (Fsp3) is 0.435. The minimum absolute atomic E-state index is 0.103. The lowest BCUT2D eigenvalue weighted by Gasteiger charge is -2.32. The smallest absolute Gasteiger partial charge is 0.253 e. The first-order valence-corrected chi connectivity index (χ1v) is 11.7. The van der Waals surface area contributed by atoms with E-state index in [4.69, 9.17) is 4.74 Å². The number of amides is 1. The van der Waals surface area contributed by atoms with Crippen LogP contribution in [0, 0.1) is 19.8 Å². The first kappa shape index (κ1) is 22.3. The molecule has 1 aliphatic rings. The molecule has 0 radical (unpaired) electrons. The molecule has 2 aromatic rings. The van der Waals surface area contributed by atoms with Crippen LogP contribution < -0.4 is 9.46 Å². The molecule has 162 valence electrons. The summed E-state index contributed by atoms with van der Waals surface area (Å²) in [4.78, 5) is 15.1. The van der Waals surface area contributed by atoms with Crippen LogP contribution in [0.3, 0.4) is 0 Å². The molecule has 1 N–H and O–H groups in total. The molecular weight excluding hydrogens is 400 g/mol. The highest BCUT2D eigenvalue weighted by molar-refractivity contribution is 7.89. The van der Waals surface area contributed by atoms with Gasteiger partial charge in [0.25, 0.3) is 5.91 Å². The van der Waals surface area contributed by atoms with Gasteiger partial charge in [-0.25, -0.2) is 13.1 Å². The Bertz CT molecular complexity index is 1010. The highest BCUT2D eigenvalue weighted by atomic mass is 32.2. The van der Waals surface area contributed by atoms with Crippen LogP contribution in [-0.2, 0) is 16.4 Å². The summed E-state index contributed by atoms with van der Waals surface area (Å²) in [6, 6.07) is 11.4. The molecule has 30 heavy (non-hydrogen) atoms. The number of rotatable bonds is 6. The summed E-state index contributed by atoms with van der Waals surface area (Å²) in [5.74, 6) is 1.28. The average molecular weight is 431 g/mol. The zero-order chi connectivity index (χ0) is 21.9. The highest BCUT2D eigenvalue weighted by Crippen LogP contribution is 2.26. The molecule has 0 aliphatic carbocycles. The van der Waals surface area contributed by atoms with E-state index in [-0.39, 0.29) is 10.8 Å². The van der Waals surface area contributed by atoms with Crippen molar-refractivity contribution in [1.29, 1.82) is 0 Å². The second kappa shape index (κ2) is 9.18. The van der Waals surface area contributed by atoms with Gasteiger partial charge in [0.2, 0.25) is 10.0 Å². The van der Waals surface area contributed by atoms with Gasteiger partial charge in [0.15, 0.2) is 0 Å². The van der Waals surface area contributed by atoms with Gasteiger partial charge >= 0.3 is 0 Å². The molecule has 1 saturated heterocycles. The number of nitrogens with one attached hydrogen (secondary N) is 1. The van der Waals surface area contributed by atoms with E-state index in [0.717, 1.165) is 30.6 Å². The Morgan fingerprint density at radius 2 is 1.77 bits per heavy atom. The second-order valence-electron chi connectivity index (χ2n) is 7.91. The number of hydrogen-bond acceptors (Lipinski definition) is 4. The van der Waals surface area contributed by atoms with Crippen LogP contribution in [0.15, 0.2) is 41.3 Å². The van der Waals surface area contributed by atoms with Crippen LogP contribution >= 0.6 is 0 Å². The topological polar surface area (TPSA) is 75.7 Å². The lowest BCUT2D eigenvalue weighted by Crippen LogP contribution is -2.39. The number of methoxy groups -OCH3 is 1. The first-order chi connectivity index (χ1) is 14.2. The van der Waals surface area contributed by atoms with Crippen LogP contribution in [-0.4, -0.2) is 46.5 Å². The molecule has 0 unspecified atom stereocenters. The third-order valence-electron chi connectivity index (χ3n) is 6.01. The largest absolute Gasteiger partial charge is 0.497 e. The standard InChI is InChI=1S/C23H30N2O4S/c1-16-13-20(15-22(17(16)2)30(27,28)24-3)23(26)25-11-9-19(10-12-25)14-18-5-7-21(29-4)8-6-18/h5-8,13,15,19,24H,9-12,14H2,1-4H3. The number of sulfonamides is 1. The highest BCUT2D eigenvalue weighted by Gasteiger charge is 2.26. The Balaban J connectivity index is 1.68. The van der Waals surface area contributed by atoms with Gasteiger partial charge in [-0.2, -0.15) is 0 Å². The number of nitrogens with zero attached hydrogens (tertiary/aromatic N) is 1. The van der Waals surface area contributed by atoms with E-state index in [1.54, 1.807) is 20.1 Å². The van der Waals surface area contributed by atoms with Crippen molar-refractivity contribution in [3.63, 3.8) is 0 Å². The van der Waals surface area contributed by atoms with Crippen LogP contribution in [0.25, 0.3) is 0 Å². The summed E-state index contributed by atoms with van der Waals surface area (Å²) >= 11 is 0. The molecule has 1 aliphatic heterocycles. The summed E-state index contributed by atoms with van der Waals surface area (Å²) in [7, 11) is -0.574. The predicted molar refractivity (Wildman–Crippen MR) is 117 cm³/mol. The molecule has 0 saturated carbocycles. The van der Waals surface area contributed by atoms with Gasteiger partial charge in [0.1, 0.15) is 5.75 Å². The summed E-state index contributed by atoms with van der Waals surface area (Å²) in [6.07, 6.45) is 2.86. The van der Waals surface area contributed by atoms with E-state index in [0.29, 0.717) is 30.1 Å². The molecule has 2 aromatic carbocycles. The van der Waals surface area contributed by atoms with Crippen LogP contribution in [0.4, 0.5) is 0 Å². The van der Waals surface area contributed by atoms with Crippen molar-refractivity contribution in [3.05, 3.63) is 58.7 Å². The Kier molecular flexibility index (Phi) is 6.83. The van der Waals surface area contributed by atoms with Gasteiger partial charge in [-0.15, -0.1) is 0 Å². The predicted octanol–water partition coefficient (Wildman–Crippen LogP) is 3.32. The van der Waals surface area contributed by atoms with Crippen LogP contribution in [0.1, 0.15) is 39.9 Å². The second-order valence-corrected chi connectivity index (χ2v) is 9.77. The van der Waals surface area contributed by atoms with Crippen molar-refractivity contribution in [1.82, 2.24) is 9.62 Å². The maximum Gasteiger partial charge on any atom is 0.253 e. The third kappa shape index (κ3) is 4.84. The molecule has 1 fully saturated rings. The van der Waals surface area contributed by atoms with Crippen LogP contribution in [0.5, 0.6) is 5.75 Å². The Morgan fingerprint density at radius 1 is 1.13 bits per heavy atom. The van der Waals surface area contributed by atoms with Gasteiger partial charge < -0.3 is 9.64 Å². The molecule has 0 aromatic heterocycles. The van der Waals surface area contributed by atoms with E-state index < -0.39 is 10.0 Å². The minimum Gasteiger partial charge on any atom is -0.497 e. The molecule has 0 bridgehead atoms. The van der Waals surface area contributed by atoms with E-state index >= 15 is 0 Å². The van der Waals surface area contributed by atoms with E-state index in [1.165, 1.54) is 18.7 Å². The number of hydrogen-bond donors (Lipinski definition) is 1. The normalized spacial score (nSPS) is 15.3. The summed E-state index contributed by atoms with van der Waals surface area (Å²) < 4.78 is 32.2. The summed E-state index contributed by atoms with van der Waals surface area (Å²) in [5, 5.41) is 0. The van der Waals surface area contributed by atoms with Gasteiger partial charge in [-0.3, -0.25) is 4.79 Å². The van der Waals surface area contributed by atoms with E-state index in [1.807, 2.05) is 24.0 Å². The van der Waals surface area contributed by atoms with Gasteiger partial charge in [-0.1, -0.05) is 12.1 Å². The number of likely N-dealkylation sites (tertiary alicyclic amines) is 1. The zero-order valence-corrected chi connectivity index (χ0v) is 18.9. The van der Waals surface area contributed by atoms with E-state index in [9.17, 15) is 13.2 Å². The number of ether oxygens (including phenoxy) is 1. The molecule has 3 rings (SSSR count). The minimum atomic E-state index is -3.62. The van der Waals surface area contributed by atoms with Crippen molar-refractivity contribution < 1.29 is 17.9 Å². The van der Waals surface area contributed by atoms with Gasteiger partial charge in [-0.05, 0) is 87.0 Å². The monoisotopic (exact) mass is 430 g/mol. The Labute approximate surface area is 179 Å². The average Bonchev–Trinajstić information content (AvgIpc) is 2.76. The Morgan fingerprint density at radius 3 is 2.33 bits per heavy atom. The number of carbonyl (C=O) groups is 1. The molecule has 0 spiro atoms. The van der Waals surface area contributed by atoms with Crippen LogP contribution in [0.2, 0.25) is 0 Å². The lowest BCUT2D eigenvalue weighted by molar-refractivity contribution is 0.0690. The molecule has 1 heterocycles. The molecule has 1 amide bonds. The maximum absolute atomic E-state index is 13.1. The fourth-order valence-corrected chi connectivity index (χ4v) is 5.02. The van der Waals surface area contributed by atoms with Crippen molar-refractivity contribution in [2.75, 3.05) is 27.2 Å². The quantitative estimate of drug-likeness (QED) is 0.763. The molecular formula is C23H30N2O4S. The van der Waals surface area contributed by atoms with Gasteiger partial charge in [0.05, 0.1) is 12.0 Å². The summed E-state index contributed by atoms with van der Waals surface area (Å²) in [5.41, 5.74) is 3.17.